The fourth-order valence-corrected chi connectivity index (χ4v) is 1.68. The van der Waals surface area contributed by atoms with E-state index in [0.717, 1.165) is 24.2 Å². The van der Waals surface area contributed by atoms with E-state index in [9.17, 15) is 0 Å². The molecule has 0 bridgehead atoms. The van der Waals surface area contributed by atoms with Gasteiger partial charge >= 0.3 is 0 Å². The molecule has 1 aromatic heterocycles. The fourth-order valence-electron chi connectivity index (χ4n) is 1.48. The molecular formula is C12H16ClNO. The highest BCUT2D eigenvalue weighted by molar-refractivity contribution is 6.30. The molecule has 15 heavy (non-hydrogen) atoms. The van der Waals surface area contributed by atoms with Gasteiger partial charge in [0.15, 0.2) is 10.9 Å². The van der Waals surface area contributed by atoms with E-state index in [1.165, 1.54) is 0 Å². The molecule has 1 heterocycles. The monoisotopic (exact) mass is 225 g/mol. The van der Waals surface area contributed by atoms with Crippen molar-refractivity contribution in [2.45, 2.75) is 45.1 Å². The number of hydrogen-bond acceptors (Lipinski definition) is 2. The average molecular weight is 226 g/mol. The molecule has 0 unspecified atom stereocenters. The third kappa shape index (κ3) is 2.43. The second-order valence-corrected chi connectivity index (χ2v) is 5.40. The summed E-state index contributed by atoms with van der Waals surface area (Å²) in [6.45, 7) is 6.45. The molecule has 1 aliphatic rings. The number of pyridine rings is 1. The Hall–Kier alpha value is -0.760. The summed E-state index contributed by atoms with van der Waals surface area (Å²) < 4.78 is 5.82. The molecule has 82 valence electrons. The van der Waals surface area contributed by atoms with Crippen molar-refractivity contribution in [2.75, 3.05) is 0 Å². The minimum absolute atomic E-state index is 0.0385. The SMILES string of the molecule is CC(C)(C)c1ccnc(Cl)c1OC1CC1. The summed E-state index contributed by atoms with van der Waals surface area (Å²) in [5, 5.41) is 0.481. The molecule has 0 N–H and O–H groups in total. The molecule has 2 rings (SSSR count). The Kier molecular flexibility index (Phi) is 2.63. The van der Waals surface area contributed by atoms with Gasteiger partial charge in [-0.05, 0) is 24.3 Å². The van der Waals surface area contributed by atoms with Gasteiger partial charge in [-0.3, -0.25) is 0 Å². The van der Waals surface area contributed by atoms with Crippen LogP contribution in [0.3, 0.4) is 0 Å². The molecule has 0 aliphatic heterocycles. The largest absolute Gasteiger partial charge is 0.487 e. The maximum atomic E-state index is 6.07. The Morgan fingerprint density at radius 2 is 2.07 bits per heavy atom. The zero-order chi connectivity index (χ0) is 11.1. The van der Waals surface area contributed by atoms with Crippen molar-refractivity contribution in [3.05, 3.63) is 23.0 Å². The van der Waals surface area contributed by atoms with Crippen molar-refractivity contribution < 1.29 is 4.74 Å². The van der Waals surface area contributed by atoms with Gasteiger partial charge < -0.3 is 4.74 Å². The Bertz CT molecular complexity index is 366. The summed E-state index contributed by atoms with van der Waals surface area (Å²) in [6, 6.07) is 1.99. The van der Waals surface area contributed by atoms with Crippen LogP contribution in [-0.4, -0.2) is 11.1 Å². The quantitative estimate of drug-likeness (QED) is 0.718. The number of nitrogens with zero attached hydrogens (tertiary/aromatic N) is 1. The van der Waals surface area contributed by atoms with Crippen LogP contribution in [0, 0.1) is 0 Å². The molecule has 1 aliphatic carbocycles. The van der Waals surface area contributed by atoms with Gasteiger partial charge in [0.05, 0.1) is 6.10 Å². The highest BCUT2D eigenvalue weighted by Crippen LogP contribution is 2.38. The number of halogens is 1. The first-order valence-corrected chi connectivity index (χ1v) is 5.68. The molecule has 0 aromatic carbocycles. The predicted octanol–water partition coefficient (Wildman–Crippen LogP) is 3.57. The van der Waals surface area contributed by atoms with Gasteiger partial charge in [-0.25, -0.2) is 4.98 Å². The lowest BCUT2D eigenvalue weighted by Gasteiger charge is -2.22. The molecule has 1 fully saturated rings. The molecule has 0 atom stereocenters. The van der Waals surface area contributed by atoms with Gasteiger partial charge in [0.25, 0.3) is 0 Å². The van der Waals surface area contributed by atoms with Crippen molar-refractivity contribution >= 4 is 11.6 Å². The second kappa shape index (κ2) is 3.67. The van der Waals surface area contributed by atoms with Crippen LogP contribution >= 0.6 is 11.6 Å². The maximum absolute atomic E-state index is 6.07. The summed E-state index contributed by atoms with van der Waals surface area (Å²) in [5.41, 5.74) is 1.17. The molecule has 0 amide bonds. The van der Waals surface area contributed by atoms with Crippen LogP contribution in [-0.2, 0) is 5.41 Å². The number of aromatic nitrogens is 1. The van der Waals surface area contributed by atoms with Gasteiger partial charge in [-0.15, -0.1) is 0 Å². The summed E-state index contributed by atoms with van der Waals surface area (Å²) in [7, 11) is 0. The van der Waals surface area contributed by atoms with Crippen LogP contribution in [0.1, 0.15) is 39.2 Å². The fraction of sp³-hybridized carbons (Fsp3) is 0.583. The predicted molar refractivity (Wildman–Crippen MR) is 61.6 cm³/mol. The summed E-state index contributed by atoms with van der Waals surface area (Å²) in [5.74, 6) is 0.772. The lowest BCUT2D eigenvalue weighted by Crippen LogP contribution is -2.14. The van der Waals surface area contributed by atoms with E-state index < -0.39 is 0 Å². The third-order valence-electron chi connectivity index (χ3n) is 2.48. The first kappa shape index (κ1) is 10.7. The molecule has 1 aromatic rings. The summed E-state index contributed by atoms with van der Waals surface area (Å²) >= 11 is 6.07. The minimum atomic E-state index is 0.0385. The first-order valence-electron chi connectivity index (χ1n) is 5.30. The zero-order valence-corrected chi connectivity index (χ0v) is 10.1. The van der Waals surface area contributed by atoms with Crippen LogP contribution in [0.5, 0.6) is 5.75 Å². The van der Waals surface area contributed by atoms with E-state index in [0.29, 0.717) is 11.3 Å². The van der Waals surface area contributed by atoms with Crippen LogP contribution in [0.25, 0.3) is 0 Å². The summed E-state index contributed by atoms with van der Waals surface area (Å²) in [4.78, 5) is 4.07. The van der Waals surface area contributed by atoms with E-state index in [2.05, 4.69) is 25.8 Å². The van der Waals surface area contributed by atoms with Crippen LogP contribution in [0.15, 0.2) is 12.3 Å². The Morgan fingerprint density at radius 3 is 2.60 bits per heavy atom. The Labute approximate surface area is 95.6 Å². The molecular weight excluding hydrogens is 210 g/mol. The van der Waals surface area contributed by atoms with Gasteiger partial charge in [0.2, 0.25) is 0 Å². The topological polar surface area (TPSA) is 22.1 Å². The van der Waals surface area contributed by atoms with E-state index in [-0.39, 0.29) is 5.41 Å². The van der Waals surface area contributed by atoms with Crippen LogP contribution < -0.4 is 4.74 Å². The summed E-state index contributed by atoms with van der Waals surface area (Å²) in [6.07, 6.45) is 4.36. The van der Waals surface area contributed by atoms with E-state index >= 15 is 0 Å². The minimum Gasteiger partial charge on any atom is -0.487 e. The first-order chi connectivity index (χ1) is 6.98. The smallest absolute Gasteiger partial charge is 0.171 e. The number of ether oxygens (including phenoxy) is 1. The number of rotatable bonds is 2. The van der Waals surface area contributed by atoms with E-state index in [1.54, 1.807) is 6.20 Å². The van der Waals surface area contributed by atoms with Gasteiger partial charge in [0.1, 0.15) is 0 Å². The molecule has 1 saturated carbocycles. The van der Waals surface area contributed by atoms with E-state index in [4.69, 9.17) is 16.3 Å². The molecule has 2 nitrogen and oxygen atoms in total. The zero-order valence-electron chi connectivity index (χ0n) is 9.38. The lowest BCUT2D eigenvalue weighted by molar-refractivity contribution is 0.293. The Morgan fingerprint density at radius 1 is 1.40 bits per heavy atom. The molecule has 3 heteroatoms. The third-order valence-corrected chi connectivity index (χ3v) is 2.75. The van der Waals surface area contributed by atoms with Crippen molar-refractivity contribution in [2.24, 2.45) is 0 Å². The van der Waals surface area contributed by atoms with Crippen molar-refractivity contribution in [1.29, 1.82) is 0 Å². The Balaban J connectivity index is 2.38. The normalized spacial score (nSPS) is 16.5. The lowest BCUT2D eigenvalue weighted by atomic mass is 9.87. The van der Waals surface area contributed by atoms with Gasteiger partial charge in [-0.2, -0.15) is 0 Å². The molecule has 0 spiro atoms. The van der Waals surface area contributed by atoms with Gasteiger partial charge in [0, 0.05) is 11.8 Å². The average Bonchev–Trinajstić information content (AvgIpc) is 2.90. The molecule has 0 saturated heterocycles. The highest BCUT2D eigenvalue weighted by Gasteiger charge is 2.28. The van der Waals surface area contributed by atoms with Crippen molar-refractivity contribution in [1.82, 2.24) is 4.98 Å². The maximum Gasteiger partial charge on any atom is 0.171 e. The van der Waals surface area contributed by atoms with Gasteiger partial charge in [-0.1, -0.05) is 32.4 Å². The van der Waals surface area contributed by atoms with Crippen LogP contribution in [0.4, 0.5) is 0 Å². The van der Waals surface area contributed by atoms with Crippen LogP contribution in [0.2, 0.25) is 5.15 Å². The van der Waals surface area contributed by atoms with E-state index in [1.807, 2.05) is 6.07 Å². The standard InChI is InChI=1S/C12H16ClNO/c1-12(2,3)9-6-7-14-11(13)10(9)15-8-4-5-8/h6-8H,4-5H2,1-3H3. The number of hydrogen-bond donors (Lipinski definition) is 0. The highest BCUT2D eigenvalue weighted by atomic mass is 35.5. The second-order valence-electron chi connectivity index (χ2n) is 5.05. The van der Waals surface area contributed by atoms with Crippen molar-refractivity contribution in [3.8, 4) is 5.75 Å². The van der Waals surface area contributed by atoms with Crippen molar-refractivity contribution in [3.63, 3.8) is 0 Å². The molecule has 0 radical (unpaired) electrons.